The molecule has 13 heteroatoms. The highest BCUT2D eigenvalue weighted by molar-refractivity contribution is 7.91. The van der Waals surface area contributed by atoms with Gasteiger partial charge in [0.1, 0.15) is 24.0 Å². The Hall–Kier alpha value is -4.15. The second-order valence-electron chi connectivity index (χ2n) is 6.69. The van der Waals surface area contributed by atoms with E-state index in [1.54, 1.807) is 42.5 Å². The number of nitrogens with zero attached hydrogens (tertiary/aromatic N) is 4. The van der Waals surface area contributed by atoms with Gasteiger partial charge in [0, 0.05) is 23.7 Å². The van der Waals surface area contributed by atoms with E-state index in [1.165, 1.54) is 25.1 Å². The standard InChI is InChI=1S/C21H17N5O6S2/c1-2-34(30,31)21-24-20(33-25-21)23-19(27)16(12-22)11-14-5-9-18(10-6-14)32-13-15-3-7-17(8-4-15)26(28)29/h3-11H,2,13H2,1H3,(H,23,24,25,27). The van der Waals surface area contributed by atoms with Gasteiger partial charge in [0.25, 0.3) is 16.8 Å². The molecule has 11 nitrogen and oxygen atoms in total. The lowest BCUT2D eigenvalue weighted by atomic mass is 10.1. The van der Waals surface area contributed by atoms with Crippen molar-refractivity contribution in [1.82, 2.24) is 9.36 Å². The Balaban J connectivity index is 1.63. The average Bonchev–Trinajstić information content (AvgIpc) is 3.31. The van der Waals surface area contributed by atoms with Crippen molar-refractivity contribution < 1.29 is 22.9 Å². The third-order valence-corrected chi connectivity index (χ3v) is 6.64. The maximum atomic E-state index is 12.4. The number of nitrogens with one attached hydrogen (secondary N) is 1. The van der Waals surface area contributed by atoms with E-state index in [-0.39, 0.29) is 33.9 Å². The molecule has 1 heterocycles. The SMILES string of the molecule is CCS(=O)(=O)c1nsc(NC(=O)C(C#N)=Cc2ccc(OCc3ccc([N+](=O)[O-])cc3)cc2)n1. The van der Waals surface area contributed by atoms with E-state index in [4.69, 9.17) is 4.74 Å². The maximum absolute atomic E-state index is 12.4. The Morgan fingerprint density at radius 3 is 2.50 bits per heavy atom. The summed E-state index contributed by atoms with van der Waals surface area (Å²) in [5.41, 5.74) is 1.09. The van der Waals surface area contributed by atoms with E-state index in [2.05, 4.69) is 14.7 Å². The lowest BCUT2D eigenvalue weighted by Crippen LogP contribution is -2.13. The van der Waals surface area contributed by atoms with E-state index >= 15 is 0 Å². The normalized spacial score (nSPS) is 11.5. The first-order chi connectivity index (χ1) is 16.2. The van der Waals surface area contributed by atoms with E-state index in [9.17, 15) is 28.6 Å². The van der Waals surface area contributed by atoms with Gasteiger partial charge < -0.3 is 4.74 Å². The molecule has 1 aromatic heterocycles. The molecule has 0 bridgehead atoms. The van der Waals surface area contributed by atoms with Gasteiger partial charge in [-0.1, -0.05) is 19.1 Å². The number of anilines is 1. The summed E-state index contributed by atoms with van der Waals surface area (Å²) in [5.74, 6) is -0.400. The van der Waals surface area contributed by atoms with Crippen molar-refractivity contribution in [3.05, 3.63) is 75.3 Å². The summed E-state index contributed by atoms with van der Waals surface area (Å²) in [7, 11) is -3.60. The number of non-ortho nitro benzene ring substituents is 1. The van der Waals surface area contributed by atoms with Gasteiger partial charge in [-0.3, -0.25) is 20.2 Å². The summed E-state index contributed by atoms with van der Waals surface area (Å²) in [6.45, 7) is 1.66. The monoisotopic (exact) mass is 499 g/mol. The van der Waals surface area contributed by atoms with Gasteiger partial charge >= 0.3 is 0 Å². The Bertz CT molecular complexity index is 1370. The van der Waals surface area contributed by atoms with Crippen molar-refractivity contribution >= 4 is 44.2 Å². The number of nitriles is 1. The number of nitro groups is 1. The van der Waals surface area contributed by atoms with Crippen LogP contribution in [0.4, 0.5) is 10.8 Å². The molecule has 1 N–H and O–H groups in total. The number of carbonyl (C=O) groups is 1. The Morgan fingerprint density at radius 2 is 1.91 bits per heavy atom. The average molecular weight is 500 g/mol. The van der Waals surface area contributed by atoms with Crippen LogP contribution in [0, 0.1) is 21.4 Å². The molecule has 0 aliphatic heterocycles. The maximum Gasteiger partial charge on any atom is 0.269 e. The predicted molar refractivity (Wildman–Crippen MR) is 124 cm³/mol. The fourth-order valence-corrected chi connectivity index (χ4v) is 4.12. The molecule has 0 atom stereocenters. The van der Waals surface area contributed by atoms with Gasteiger partial charge in [0.15, 0.2) is 0 Å². The largest absolute Gasteiger partial charge is 0.489 e. The van der Waals surface area contributed by atoms with E-state index < -0.39 is 20.7 Å². The summed E-state index contributed by atoms with van der Waals surface area (Å²) in [5, 5.41) is 22.0. The highest BCUT2D eigenvalue weighted by Gasteiger charge is 2.20. The molecule has 0 aliphatic rings. The second-order valence-corrected chi connectivity index (χ2v) is 9.61. The van der Waals surface area contributed by atoms with Crippen LogP contribution in [0.1, 0.15) is 18.1 Å². The van der Waals surface area contributed by atoms with Crippen LogP contribution in [0.2, 0.25) is 0 Å². The third-order valence-electron chi connectivity index (χ3n) is 4.39. The van der Waals surface area contributed by atoms with Crippen LogP contribution in [-0.2, 0) is 21.2 Å². The lowest BCUT2D eigenvalue weighted by Gasteiger charge is -2.07. The molecule has 0 saturated heterocycles. The van der Waals surface area contributed by atoms with Crippen LogP contribution in [0.5, 0.6) is 5.75 Å². The molecule has 0 fully saturated rings. The molecule has 1 amide bonds. The molecule has 174 valence electrons. The van der Waals surface area contributed by atoms with E-state index in [1.807, 2.05) is 0 Å². The number of aromatic nitrogens is 2. The molecule has 0 saturated carbocycles. The first-order valence-corrected chi connectivity index (χ1v) is 12.1. The first kappa shape index (κ1) is 24.5. The molecule has 0 spiro atoms. The molecule has 34 heavy (non-hydrogen) atoms. The van der Waals surface area contributed by atoms with Crippen molar-refractivity contribution in [2.45, 2.75) is 18.7 Å². The molecular formula is C21H17N5O6S2. The summed E-state index contributed by atoms with van der Waals surface area (Å²) in [4.78, 5) is 26.4. The minimum Gasteiger partial charge on any atom is -0.489 e. The Labute approximate surface area is 198 Å². The summed E-state index contributed by atoms with van der Waals surface area (Å²) in [6.07, 6.45) is 1.36. The molecular weight excluding hydrogens is 482 g/mol. The van der Waals surface area contributed by atoms with Crippen LogP contribution in [-0.4, -0.2) is 34.4 Å². The van der Waals surface area contributed by atoms with Crippen LogP contribution >= 0.6 is 11.5 Å². The van der Waals surface area contributed by atoms with Crippen LogP contribution in [0.3, 0.4) is 0 Å². The first-order valence-electron chi connectivity index (χ1n) is 9.67. The molecule has 0 aliphatic carbocycles. The highest BCUT2D eigenvalue weighted by Crippen LogP contribution is 2.19. The molecule has 0 radical (unpaired) electrons. The highest BCUT2D eigenvalue weighted by atomic mass is 32.2. The number of carbonyl (C=O) groups excluding carboxylic acids is 1. The van der Waals surface area contributed by atoms with Crippen molar-refractivity contribution in [3.8, 4) is 11.8 Å². The zero-order valence-electron chi connectivity index (χ0n) is 17.7. The van der Waals surface area contributed by atoms with Gasteiger partial charge in [0.2, 0.25) is 15.0 Å². The van der Waals surface area contributed by atoms with Crippen molar-refractivity contribution in [2.75, 3.05) is 11.1 Å². The topological polar surface area (TPSA) is 165 Å². The second kappa shape index (κ2) is 10.6. The molecule has 0 unspecified atom stereocenters. The zero-order valence-corrected chi connectivity index (χ0v) is 19.3. The Morgan fingerprint density at radius 1 is 1.24 bits per heavy atom. The summed E-state index contributed by atoms with van der Waals surface area (Å²) < 4.78 is 33.0. The number of ether oxygens (including phenoxy) is 1. The van der Waals surface area contributed by atoms with Gasteiger partial charge in [-0.05, 0) is 41.5 Å². The van der Waals surface area contributed by atoms with Crippen LogP contribution in [0.25, 0.3) is 6.08 Å². The van der Waals surface area contributed by atoms with Crippen LogP contribution in [0.15, 0.2) is 59.3 Å². The summed E-state index contributed by atoms with van der Waals surface area (Å²) >= 11 is 0.703. The lowest BCUT2D eigenvalue weighted by molar-refractivity contribution is -0.384. The van der Waals surface area contributed by atoms with Crippen molar-refractivity contribution in [3.63, 3.8) is 0 Å². The number of sulfone groups is 1. The third kappa shape index (κ3) is 6.21. The molecule has 2 aromatic carbocycles. The number of hydrogen-bond acceptors (Lipinski definition) is 10. The minimum atomic E-state index is -3.60. The minimum absolute atomic E-state index is 0.00483. The fraction of sp³-hybridized carbons (Fsp3) is 0.143. The quantitative estimate of drug-likeness (QED) is 0.201. The van der Waals surface area contributed by atoms with Gasteiger partial charge in [-0.2, -0.15) is 14.6 Å². The Kier molecular flexibility index (Phi) is 7.67. The summed E-state index contributed by atoms with van der Waals surface area (Å²) in [6, 6.07) is 14.4. The van der Waals surface area contributed by atoms with Crippen molar-refractivity contribution in [2.24, 2.45) is 0 Å². The molecule has 3 rings (SSSR count). The number of hydrogen-bond donors (Lipinski definition) is 1. The van der Waals surface area contributed by atoms with Crippen molar-refractivity contribution in [1.29, 1.82) is 5.26 Å². The fourth-order valence-electron chi connectivity index (χ4n) is 2.54. The van der Waals surface area contributed by atoms with Gasteiger partial charge in [0.05, 0.1) is 10.7 Å². The van der Waals surface area contributed by atoms with Gasteiger partial charge in [-0.15, -0.1) is 0 Å². The number of rotatable bonds is 9. The number of benzene rings is 2. The number of amides is 1. The van der Waals surface area contributed by atoms with Crippen LogP contribution < -0.4 is 10.1 Å². The predicted octanol–water partition coefficient (Wildman–Crippen LogP) is 3.36. The smallest absolute Gasteiger partial charge is 0.269 e. The van der Waals surface area contributed by atoms with E-state index in [0.29, 0.717) is 22.8 Å². The molecule has 3 aromatic rings. The number of nitro benzene ring substituents is 1. The zero-order chi connectivity index (χ0) is 24.7. The van der Waals surface area contributed by atoms with E-state index in [0.717, 1.165) is 5.56 Å². The van der Waals surface area contributed by atoms with Gasteiger partial charge in [-0.25, -0.2) is 8.42 Å².